The standard InChI is InChI=1S/C31H30N4O4/c1-20-2-4-23(5-3-20)29-26-16-25(9-8-22(26)12-15-35(29)31(37)24-6-7-24)38-19-28-34-27(18-39-28)30(36)33-17-21-10-13-32-14-11-21/h2-5,8-11,13-14,16,18,24,29H,6-7,12,15,17,19H2,1H3,(H,33,36). The Bertz CT molecular complexity index is 1480. The molecule has 1 N–H and O–H groups in total. The van der Waals surface area contributed by atoms with Crippen LogP contribution >= 0.6 is 0 Å². The Morgan fingerprint density at radius 1 is 1.08 bits per heavy atom. The van der Waals surface area contributed by atoms with Crippen molar-refractivity contribution in [3.8, 4) is 5.75 Å². The monoisotopic (exact) mass is 522 g/mol. The van der Waals surface area contributed by atoms with Gasteiger partial charge >= 0.3 is 0 Å². The number of aromatic nitrogens is 2. The molecule has 8 heteroatoms. The van der Waals surface area contributed by atoms with Crippen molar-refractivity contribution >= 4 is 11.8 Å². The fraction of sp³-hybridized carbons (Fsp3) is 0.290. The number of hydrogen-bond donors (Lipinski definition) is 1. The second-order valence-corrected chi connectivity index (χ2v) is 10.2. The van der Waals surface area contributed by atoms with E-state index < -0.39 is 0 Å². The first-order chi connectivity index (χ1) is 19.0. The van der Waals surface area contributed by atoms with E-state index >= 15 is 0 Å². The molecule has 1 aliphatic heterocycles. The maximum atomic E-state index is 13.2. The number of carbonyl (C=O) groups is 2. The van der Waals surface area contributed by atoms with E-state index in [1.165, 1.54) is 17.4 Å². The number of rotatable bonds is 8. The van der Waals surface area contributed by atoms with E-state index in [0.717, 1.165) is 36.0 Å². The van der Waals surface area contributed by atoms with Crippen molar-refractivity contribution in [2.45, 2.75) is 45.4 Å². The number of oxazole rings is 1. The quantitative estimate of drug-likeness (QED) is 0.358. The molecule has 1 saturated carbocycles. The highest BCUT2D eigenvalue weighted by Gasteiger charge is 2.39. The molecule has 39 heavy (non-hydrogen) atoms. The number of nitrogens with zero attached hydrogens (tertiary/aromatic N) is 3. The molecule has 0 saturated heterocycles. The van der Waals surface area contributed by atoms with Gasteiger partial charge in [-0.05, 0) is 72.7 Å². The zero-order valence-corrected chi connectivity index (χ0v) is 21.8. The van der Waals surface area contributed by atoms with Gasteiger partial charge in [0, 0.05) is 31.4 Å². The number of benzene rings is 2. The van der Waals surface area contributed by atoms with Crippen LogP contribution in [0.5, 0.6) is 5.75 Å². The van der Waals surface area contributed by atoms with Crippen LogP contribution in [0.2, 0.25) is 0 Å². The van der Waals surface area contributed by atoms with Crippen molar-refractivity contribution in [2.75, 3.05) is 6.54 Å². The number of amides is 2. The number of pyridine rings is 1. The second kappa shape index (κ2) is 10.7. The molecule has 6 rings (SSSR count). The molecule has 0 bridgehead atoms. The lowest BCUT2D eigenvalue weighted by Crippen LogP contribution is -2.41. The molecule has 1 fully saturated rings. The Hall–Kier alpha value is -4.46. The molecular weight excluding hydrogens is 492 g/mol. The Kier molecular flexibility index (Phi) is 6.84. The summed E-state index contributed by atoms with van der Waals surface area (Å²) in [6.45, 7) is 3.23. The minimum absolute atomic E-state index is 0.0797. The van der Waals surface area contributed by atoms with E-state index in [1.54, 1.807) is 12.4 Å². The van der Waals surface area contributed by atoms with Crippen molar-refractivity contribution in [3.63, 3.8) is 0 Å². The largest absolute Gasteiger partial charge is 0.484 e. The first-order valence-electron chi connectivity index (χ1n) is 13.3. The highest BCUT2D eigenvalue weighted by molar-refractivity contribution is 5.91. The summed E-state index contributed by atoms with van der Waals surface area (Å²) in [7, 11) is 0. The van der Waals surface area contributed by atoms with Crippen LogP contribution < -0.4 is 10.1 Å². The van der Waals surface area contributed by atoms with Gasteiger partial charge in [0.1, 0.15) is 12.0 Å². The molecule has 2 aromatic carbocycles. The van der Waals surface area contributed by atoms with Crippen molar-refractivity contribution in [2.24, 2.45) is 5.92 Å². The Morgan fingerprint density at radius 2 is 1.87 bits per heavy atom. The smallest absolute Gasteiger partial charge is 0.273 e. The number of aryl methyl sites for hydroxylation is 1. The first kappa shape index (κ1) is 24.9. The number of ether oxygens (including phenoxy) is 1. The fourth-order valence-electron chi connectivity index (χ4n) is 4.99. The zero-order valence-electron chi connectivity index (χ0n) is 21.8. The lowest BCUT2D eigenvalue weighted by atomic mass is 9.87. The van der Waals surface area contributed by atoms with Crippen molar-refractivity contribution < 1.29 is 18.7 Å². The number of fused-ring (bicyclic) bond motifs is 1. The Labute approximate surface area is 227 Å². The number of carbonyl (C=O) groups excluding carboxylic acids is 2. The van der Waals surface area contributed by atoms with E-state index in [4.69, 9.17) is 9.15 Å². The maximum Gasteiger partial charge on any atom is 0.273 e. The van der Waals surface area contributed by atoms with Gasteiger partial charge in [0.2, 0.25) is 11.8 Å². The van der Waals surface area contributed by atoms with Crippen LogP contribution in [0.25, 0.3) is 0 Å². The predicted octanol–water partition coefficient (Wildman–Crippen LogP) is 4.77. The third-order valence-corrected chi connectivity index (χ3v) is 7.30. The third kappa shape index (κ3) is 5.55. The van der Waals surface area contributed by atoms with E-state index in [2.05, 4.69) is 52.5 Å². The zero-order chi connectivity index (χ0) is 26.8. The van der Waals surface area contributed by atoms with Gasteiger partial charge < -0.3 is 19.4 Å². The molecule has 0 radical (unpaired) electrons. The van der Waals surface area contributed by atoms with Gasteiger partial charge in [0.25, 0.3) is 5.91 Å². The van der Waals surface area contributed by atoms with Crippen LogP contribution in [0.4, 0.5) is 0 Å². The molecule has 0 spiro atoms. The molecule has 2 aliphatic rings. The van der Waals surface area contributed by atoms with E-state index in [9.17, 15) is 9.59 Å². The summed E-state index contributed by atoms with van der Waals surface area (Å²) in [6.07, 6.45) is 7.46. The molecule has 1 unspecified atom stereocenters. The van der Waals surface area contributed by atoms with Crippen LogP contribution in [0, 0.1) is 12.8 Å². The average Bonchev–Trinajstić information content (AvgIpc) is 3.72. The fourth-order valence-corrected chi connectivity index (χ4v) is 4.99. The molecule has 198 valence electrons. The molecular formula is C31H30N4O4. The average molecular weight is 523 g/mol. The molecule has 4 aromatic rings. The van der Waals surface area contributed by atoms with Crippen molar-refractivity contribution in [3.05, 3.63) is 113 Å². The summed E-state index contributed by atoms with van der Waals surface area (Å²) in [5.74, 6) is 1.04. The van der Waals surface area contributed by atoms with E-state index in [-0.39, 0.29) is 36.1 Å². The van der Waals surface area contributed by atoms with Crippen LogP contribution in [0.15, 0.2) is 77.7 Å². The molecule has 8 nitrogen and oxygen atoms in total. The molecule has 1 atom stereocenters. The summed E-state index contributed by atoms with van der Waals surface area (Å²) in [5, 5.41) is 2.82. The summed E-state index contributed by atoms with van der Waals surface area (Å²) < 4.78 is 11.5. The molecule has 1 aliphatic carbocycles. The van der Waals surface area contributed by atoms with E-state index in [1.807, 2.05) is 29.2 Å². The van der Waals surface area contributed by atoms with Gasteiger partial charge in [0.15, 0.2) is 12.3 Å². The molecule has 2 amide bonds. The maximum absolute atomic E-state index is 13.2. The lowest BCUT2D eigenvalue weighted by Gasteiger charge is -2.38. The number of hydrogen-bond acceptors (Lipinski definition) is 6. The minimum atomic E-state index is -0.322. The third-order valence-electron chi connectivity index (χ3n) is 7.30. The summed E-state index contributed by atoms with van der Waals surface area (Å²) >= 11 is 0. The summed E-state index contributed by atoms with van der Waals surface area (Å²) in [4.78, 5) is 36.0. The second-order valence-electron chi connectivity index (χ2n) is 10.2. The summed E-state index contributed by atoms with van der Waals surface area (Å²) in [5.41, 5.74) is 5.73. The lowest BCUT2D eigenvalue weighted by molar-refractivity contribution is -0.134. The highest BCUT2D eigenvalue weighted by atomic mass is 16.5. The SMILES string of the molecule is Cc1ccc(C2c3cc(OCc4nc(C(=O)NCc5ccncc5)co4)ccc3CCN2C(=O)C2CC2)cc1. The topological polar surface area (TPSA) is 97.6 Å². The van der Waals surface area contributed by atoms with Gasteiger partial charge in [-0.2, -0.15) is 0 Å². The van der Waals surface area contributed by atoms with Crippen LogP contribution in [-0.2, 0) is 24.4 Å². The molecule has 3 heterocycles. The van der Waals surface area contributed by atoms with Gasteiger partial charge in [-0.3, -0.25) is 14.6 Å². The predicted molar refractivity (Wildman–Crippen MR) is 144 cm³/mol. The van der Waals surface area contributed by atoms with Gasteiger partial charge in [-0.1, -0.05) is 35.9 Å². The van der Waals surface area contributed by atoms with Gasteiger partial charge in [0.05, 0.1) is 6.04 Å². The van der Waals surface area contributed by atoms with E-state index in [0.29, 0.717) is 24.7 Å². The van der Waals surface area contributed by atoms with Crippen LogP contribution in [0.3, 0.4) is 0 Å². The summed E-state index contributed by atoms with van der Waals surface area (Å²) in [6, 6.07) is 18.0. The van der Waals surface area contributed by atoms with Crippen molar-refractivity contribution in [1.29, 1.82) is 0 Å². The van der Waals surface area contributed by atoms with Crippen LogP contribution in [-0.4, -0.2) is 33.2 Å². The number of nitrogens with one attached hydrogen (secondary N) is 1. The molecule has 2 aromatic heterocycles. The first-order valence-corrected chi connectivity index (χ1v) is 13.3. The van der Waals surface area contributed by atoms with Crippen LogP contribution in [0.1, 0.15) is 63.1 Å². The highest BCUT2D eigenvalue weighted by Crippen LogP contribution is 2.41. The Balaban J connectivity index is 1.17. The van der Waals surface area contributed by atoms with Crippen molar-refractivity contribution in [1.82, 2.24) is 20.2 Å². The minimum Gasteiger partial charge on any atom is -0.484 e. The normalized spacial score (nSPS) is 16.4. The Morgan fingerprint density at radius 3 is 2.64 bits per heavy atom. The van der Waals surface area contributed by atoms with Gasteiger partial charge in [-0.15, -0.1) is 0 Å². The van der Waals surface area contributed by atoms with Gasteiger partial charge in [-0.25, -0.2) is 4.98 Å².